The van der Waals surface area contributed by atoms with Crippen molar-refractivity contribution >= 4 is 17.5 Å². The molecule has 2 bridgehead atoms. The molecule has 2 amide bonds. The van der Waals surface area contributed by atoms with Crippen LogP contribution in [0.4, 0.5) is 0 Å². The van der Waals surface area contributed by atoms with Crippen molar-refractivity contribution in [3.05, 3.63) is 35.8 Å². The van der Waals surface area contributed by atoms with Crippen molar-refractivity contribution in [2.45, 2.75) is 58.0 Å². The number of amides is 2. The Morgan fingerprint density at radius 1 is 1.24 bits per heavy atom. The van der Waals surface area contributed by atoms with E-state index in [0.29, 0.717) is 34.4 Å². The predicted molar refractivity (Wildman–Crippen MR) is 124 cm³/mol. The second-order valence-electron chi connectivity index (χ2n) is 11.9. The van der Waals surface area contributed by atoms with Crippen molar-refractivity contribution in [2.75, 3.05) is 19.6 Å². The molecule has 1 spiro atoms. The zero-order valence-electron chi connectivity index (χ0n) is 19.5. The summed E-state index contributed by atoms with van der Waals surface area (Å²) in [5, 5.41) is 6.69. The van der Waals surface area contributed by atoms with Gasteiger partial charge in [-0.2, -0.15) is 0 Å². The van der Waals surface area contributed by atoms with Crippen LogP contribution >= 0.6 is 0 Å². The highest BCUT2D eigenvalue weighted by Crippen LogP contribution is 2.83. The summed E-state index contributed by atoms with van der Waals surface area (Å²) in [5.41, 5.74) is 2.57. The van der Waals surface area contributed by atoms with E-state index in [9.17, 15) is 9.59 Å². The maximum Gasteiger partial charge on any atom is 0.274 e. The van der Waals surface area contributed by atoms with Gasteiger partial charge in [-0.3, -0.25) is 14.0 Å². The molecule has 5 unspecified atom stereocenters. The Labute approximate surface area is 194 Å². The van der Waals surface area contributed by atoms with Crippen LogP contribution in [0.1, 0.15) is 66.9 Å². The summed E-state index contributed by atoms with van der Waals surface area (Å²) in [4.78, 5) is 32.9. The zero-order chi connectivity index (χ0) is 22.5. The minimum absolute atomic E-state index is 0.0666. The van der Waals surface area contributed by atoms with E-state index in [0.717, 1.165) is 30.8 Å². The molecule has 3 heterocycles. The number of carbonyl (C=O) groups excluding carboxylic acids is 2. The first kappa shape index (κ1) is 20.0. The largest absolute Gasteiger partial charge is 0.350 e. The van der Waals surface area contributed by atoms with Crippen LogP contribution in [0.5, 0.6) is 0 Å². The molecular weight excluding hydrogens is 414 g/mol. The van der Waals surface area contributed by atoms with E-state index in [2.05, 4.69) is 29.5 Å². The van der Waals surface area contributed by atoms with Crippen molar-refractivity contribution in [1.29, 1.82) is 0 Å². The second-order valence-corrected chi connectivity index (χ2v) is 11.9. The van der Waals surface area contributed by atoms with Crippen LogP contribution in [0.25, 0.3) is 5.65 Å². The maximum atomic E-state index is 13.3. The number of nitrogens with zero attached hydrogens (tertiary/aromatic N) is 3. The van der Waals surface area contributed by atoms with Crippen molar-refractivity contribution in [3.8, 4) is 0 Å². The molecule has 5 aliphatic rings. The second kappa shape index (κ2) is 6.59. The van der Waals surface area contributed by atoms with Gasteiger partial charge in [-0.05, 0) is 86.7 Å². The zero-order valence-corrected chi connectivity index (χ0v) is 19.5. The number of aromatic nitrogens is 2. The van der Waals surface area contributed by atoms with Gasteiger partial charge in [-0.25, -0.2) is 4.98 Å². The summed E-state index contributed by atoms with van der Waals surface area (Å²) in [6.07, 6.45) is 8.53. The van der Waals surface area contributed by atoms with Gasteiger partial charge < -0.3 is 15.5 Å². The summed E-state index contributed by atoms with van der Waals surface area (Å²) in [5.74, 6) is 2.71. The predicted octanol–water partition coefficient (Wildman–Crippen LogP) is 2.71. The molecule has 1 saturated heterocycles. The highest BCUT2D eigenvalue weighted by Gasteiger charge is 2.76. The molecule has 0 aromatic carbocycles. The number of imidazole rings is 1. The summed E-state index contributed by atoms with van der Waals surface area (Å²) in [7, 11) is 0. The lowest BCUT2D eigenvalue weighted by atomic mass is 9.71. The third-order valence-corrected chi connectivity index (χ3v) is 9.61. The van der Waals surface area contributed by atoms with E-state index in [1.807, 2.05) is 23.1 Å². The first-order chi connectivity index (χ1) is 15.9. The molecule has 5 fully saturated rings. The normalized spacial score (nSPS) is 40.3. The Morgan fingerprint density at radius 3 is 3.00 bits per heavy atom. The van der Waals surface area contributed by atoms with Crippen molar-refractivity contribution in [3.63, 3.8) is 0 Å². The van der Waals surface area contributed by atoms with Crippen LogP contribution in [0, 0.1) is 28.6 Å². The molecular formula is C26H33N5O2. The first-order valence-corrected chi connectivity index (χ1v) is 12.7. The van der Waals surface area contributed by atoms with Gasteiger partial charge in [0.25, 0.3) is 11.8 Å². The quantitative estimate of drug-likeness (QED) is 0.756. The molecule has 4 saturated carbocycles. The number of rotatable bonds is 4. The van der Waals surface area contributed by atoms with Crippen LogP contribution in [-0.2, 0) is 0 Å². The minimum atomic E-state index is -0.0681. The molecule has 2 N–H and O–H groups in total. The van der Waals surface area contributed by atoms with Crippen molar-refractivity contribution in [2.24, 2.45) is 28.6 Å². The molecule has 0 radical (unpaired) electrons. The topological polar surface area (TPSA) is 78.7 Å². The molecule has 7 rings (SSSR count). The number of pyridine rings is 1. The molecule has 7 atom stereocenters. The Kier molecular flexibility index (Phi) is 3.99. The fraction of sp³-hybridized carbons (Fsp3) is 0.654. The SMILES string of the molecule is C[C@H]1CN(C(=O)c2cn3c(C(=O)NCC45CC6CC6C6(CC6C4)C5)cccc3n2)[C@@H](C)CN1. The smallest absolute Gasteiger partial charge is 0.274 e. The molecule has 174 valence electrons. The average molecular weight is 448 g/mol. The standard InChI is InChI=1S/C26H33N5O2/c1-15-11-30(16(2)10-27-15)24(33)20-12-31-21(4-3-5-22(31)29-20)23(32)28-14-25-7-17-6-19(17)26(13-25)9-18(26)8-25/h3-5,12,15-19,27H,6-11,13-14H2,1-2H3,(H,28,32)/t15-,16-,17?,18?,19?,25?,26?/m0/s1. The van der Waals surface area contributed by atoms with Gasteiger partial charge in [-0.1, -0.05) is 6.07 Å². The number of piperazine rings is 1. The molecule has 2 aromatic rings. The number of nitrogens with one attached hydrogen (secondary N) is 2. The Hall–Kier alpha value is -2.41. The molecule has 7 heteroatoms. The van der Waals surface area contributed by atoms with Crippen LogP contribution in [0.15, 0.2) is 24.4 Å². The highest BCUT2D eigenvalue weighted by atomic mass is 16.2. The fourth-order valence-electron chi connectivity index (χ4n) is 7.97. The number of fused-ring (bicyclic) bond motifs is 3. The third kappa shape index (κ3) is 2.94. The fourth-order valence-corrected chi connectivity index (χ4v) is 7.97. The average Bonchev–Trinajstić information content (AvgIpc) is 3.63. The molecule has 7 nitrogen and oxygen atoms in total. The van der Waals surface area contributed by atoms with Gasteiger partial charge in [0, 0.05) is 37.9 Å². The van der Waals surface area contributed by atoms with Gasteiger partial charge in [-0.15, -0.1) is 0 Å². The van der Waals surface area contributed by atoms with Gasteiger partial charge in [0.05, 0.1) is 0 Å². The van der Waals surface area contributed by atoms with Crippen molar-refractivity contribution in [1.82, 2.24) is 24.9 Å². The maximum absolute atomic E-state index is 13.3. The molecule has 4 aliphatic carbocycles. The minimum Gasteiger partial charge on any atom is -0.350 e. The van der Waals surface area contributed by atoms with E-state index in [1.165, 1.54) is 32.1 Å². The van der Waals surface area contributed by atoms with E-state index in [-0.39, 0.29) is 23.9 Å². The summed E-state index contributed by atoms with van der Waals surface area (Å²) in [6, 6.07) is 5.92. The lowest BCUT2D eigenvalue weighted by molar-refractivity contribution is 0.0610. The molecule has 33 heavy (non-hydrogen) atoms. The highest BCUT2D eigenvalue weighted by molar-refractivity contribution is 5.95. The molecule has 2 aromatic heterocycles. The Balaban J connectivity index is 1.10. The van der Waals surface area contributed by atoms with Gasteiger partial charge in [0.2, 0.25) is 0 Å². The lowest BCUT2D eigenvalue weighted by Gasteiger charge is -2.37. The van der Waals surface area contributed by atoms with Crippen LogP contribution in [0.2, 0.25) is 0 Å². The van der Waals surface area contributed by atoms with Gasteiger partial charge in [0.15, 0.2) is 0 Å². The van der Waals surface area contributed by atoms with Crippen LogP contribution in [0.3, 0.4) is 0 Å². The third-order valence-electron chi connectivity index (χ3n) is 9.61. The summed E-state index contributed by atoms with van der Waals surface area (Å²) in [6.45, 7) is 6.35. The van der Waals surface area contributed by atoms with E-state index in [1.54, 1.807) is 10.6 Å². The van der Waals surface area contributed by atoms with Crippen LogP contribution < -0.4 is 10.6 Å². The van der Waals surface area contributed by atoms with E-state index < -0.39 is 0 Å². The van der Waals surface area contributed by atoms with E-state index >= 15 is 0 Å². The number of hydrogen-bond acceptors (Lipinski definition) is 4. The number of carbonyl (C=O) groups is 2. The summed E-state index contributed by atoms with van der Waals surface area (Å²) >= 11 is 0. The number of hydrogen-bond donors (Lipinski definition) is 2. The Morgan fingerprint density at radius 2 is 2.12 bits per heavy atom. The van der Waals surface area contributed by atoms with Crippen LogP contribution in [-0.4, -0.2) is 57.8 Å². The van der Waals surface area contributed by atoms with E-state index in [4.69, 9.17) is 0 Å². The van der Waals surface area contributed by atoms with Gasteiger partial charge in [0.1, 0.15) is 17.0 Å². The monoisotopic (exact) mass is 447 g/mol. The Bertz CT molecular complexity index is 1170. The van der Waals surface area contributed by atoms with Gasteiger partial charge >= 0.3 is 0 Å². The lowest BCUT2D eigenvalue weighted by Crippen LogP contribution is -2.56. The van der Waals surface area contributed by atoms with Crippen molar-refractivity contribution < 1.29 is 9.59 Å². The molecule has 1 aliphatic heterocycles. The first-order valence-electron chi connectivity index (χ1n) is 12.7. The summed E-state index contributed by atoms with van der Waals surface area (Å²) < 4.78 is 1.78.